The standard InChI is InChI=1S/C21H14ClNO2S2/c1-13-9-10-14(12-16(13)22)23-20(24)18(17-8-5-11-26-17)19(21(23)25)27-15-6-3-2-4-7-15/h2-12H,1H3. The first kappa shape index (κ1) is 18.0. The van der Waals surface area contributed by atoms with Crippen LogP contribution < -0.4 is 4.90 Å². The van der Waals surface area contributed by atoms with Gasteiger partial charge in [-0.3, -0.25) is 9.59 Å². The Bertz CT molecular complexity index is 1060. The van der Waals surface area contributed by atoms with Crippen LogP contribution in [0, 0.1) is 6.92 Å². The molecule has 0 N–H and O–H groups in total. The highest BCUT2D eigenvalue weighted by atomic mass is 35.5. The van der Waals surface area contributed by atoms with E-state index in [1.807, 2.05) is 60.8 Å². The van der Waals surface area contributed by atoms with Crippen LogP contribution in [0.5, 0.6) is 0 Å². The fraction of sp³-hybridized carbons (Fsp3) is 0.0476. The molecule has 3 aromatic rings. The number of halogens is 1. The van der Waals surface area contributed by atoms with Gasteiger partial charge < -0.3 is 0 Å². The van der Waals surface area contributed by atoms with Gasteiger partial charge in [-0.2, -0.15) is 0 Å². The van der Waals surface area contributed by atoms with Crippen LogP contribution in [0.4, 0.5) is 5.69 Å². The Morgan fingerprint density at radius 2 is 1.74 bits per heavy atom. The summed E-state index contributed by atoms with van der Waals surface area (Å²) >= 11 is 8.99. The highest BCUT2D eigenvalue weighted by molar-refractivity contribution is 8.04. The van der Waals surface area contributed by atoms with Gasteiger partial charge in [-0.05, 0) is 48.2 Å². The van der Waals surface area contributed by atoms with E-state index in [2.05, 4.69) is 0 Å². The summed E-state index contributed by atoms with van der Waals surface area (Å²) in [6, 6.07) is 18.5. The first-order valence-electron chi connectivity index (χ1n) is 8.22. The minimum atomic E-state index is -0.322. The highest BCUT2D eigenvalue weighted by Gasteiger charge is 2.41. The van der Waals surface area contributed by atoms with Gasteiger partial charge in [-0.15, -0.1) is 11.3 Å². The summed E-state index contributed by atoms with van der Waals surface area (Å²) in [5.41, 5.74) is 1.82. The molecule has 0 atom stereocenters. The molecule has 0 saturated heterocycles. The van der Waals surface area contributed by atoms with Gasteiger partial charge >= 0.3 is 0 Å². The number of thiophene rings is 1. The third-order valence-electron chi connectivity index (χ3n) is 4.19. The lowest BCUT2D eigenvalue weighted by molar-refractivity contribution is -0.119. The van der Waals surface area contributed by atoms with E-state index in [4.69, 9.17) is 11.6 Å². The maximum Gasteiger partial charge on any atom is 0.272 e. The molecular weight excluding hydrogens is 398 g/mol. The van der Waals surface area contributed by atoms with E-state index in [1.165, 1.54) is 28.0 Å². The molecule has 0 spiro atoms. The predicted octanol–water partition coefficient (Wildman–Crippen LogP) is 5.79. The van der Waals surface area contributed by atoms with Gasteiger partial charge in [0.1, 0.15) is 0 Å². The van der Waals surface area contributed by atoms with Crippen molar-refractivity contribution < 1.29 is 9.59 Å². The fourth-order valence-electron chi connectivity index (χ4n) is 2.80. The van der Waals surface area contributed by atoms with Gasteiger partial charge in [0.05, 0.1) is 16.2 Å². The molecule has 0 unspecified atom stereocenters. The van der Waals surface area contributed by atoms with Crippen molar-refractivity contribution in [2.45, 2.75) is 11.8 Å². The average Bonchev–Trinajstić information content (AvgIpc) is 3.26. The van der Waals surface area contributed by atoms with Crippen molar-refractivity contribution in [1.82, 2.24) is 0 Å². The fourth-order valence-corrected chi connectivity index (χ4v) is 4.82. The summed E-state index contributed by atoms with van der Waals surface area (Å²) in [6.45, 7) is 1.88. The number of rotatable bonds is 4. The summed E-state index contributed by atoms with van der Waals surface area (Å²) in [6.07, 6.45) is 0. The second-order valence-electron chi connectivity index (χ2n) is 5.98. The van der Waals surface area contributed by atoms with Gasteiger partial charge in [-0.1, -0.05) is 53.7 Å². The Hall–Kier alpha value is -2.34. The second kappa shape index (κ2) is 7.35. The molecule has 2 aromatic carbocycles. The quantitative estimate of drug-likeness (QED) is 0.510. The third-order valence-corrected chi connectivity index (χ3v) is 6.57. The molecule has 6 heteroatoms. The number of anilines is 1. The van der Waals surface area contributed by atoms with Crippen molar-refractivity contribution in [1.29, 1.82) is 0 Å². The molecule has 1 aromatic heterocycles. The minimum Gasteiger partial charge on any atom is -0.268 e. The van der Waals surface area contributed by atoms with E-state index >= 15 is 0 Å². The van der Waals surface area contributed by atoms with E-state index in [9.17, 15) is 9.59 Å². The highest BCUT2D eigenvalue weighted by Crippen LogP contribution is 2.42. The Kier molecular flexibility index (Phi) is 4.91. The zero-order chi connectivity index (χ0) is 19.0. The molecular formula is C21H14ClNO2S2. The van der Waals surface area contributed by atoms with E-state index < -0.39 is 0 Å². The molecule has 2 amide bonds. The summed E-state index contributed by atoms with van der Waals surface area (Å²) in [4.78, 5) is 29.8. The molecule has 0 radical (unpaired) electrons. The second-order valence-corrected chi connectivity index (χ2v) is 8.41. The summed E-state index contributed by atoms with van der Waals surface area (Å²) < 4.78 is 0. The van der Waals surface area contributed by atoms with Gasteiger partial charge in [0.15, 0.2) is 0 Å². The van der Waals surface area contributed by atoms with Crippen LogP contribution in [0.15, 0.2) is 75.8 Å². The molecule has 1 aliphatic heterocycles. The van der Waals surface area contributed by atoms with E-state index in [-0.39, 0.29) is 11.8 Å². The van der Waals surface area contributed by atoms with Crippen molar-refractivity contribution in [3.8, 4) is 0 Å². The Morgan fingerprint density at radius 3 is 2.41 bits per heavy atom. The number of thioether (sulfide) groups is 1. The van der Waals surface area contributed by atoms with Crippen molar-refractivity contribution in [3.05, 3.63) is 86.4 Å². The lowest BCUT2D eigenvalue weighted by atomic mass is 10.2. The van der Waals surface area contributed by atoms with Crippen LogP contribution in [0.3, 0.4) is 0 Å². The normalized spacial score (nSPS) is 14.4. The maximum absolute atomic E-state index is 13.2. The molecule has 4 rings (SSSR count). The van der Waals surface area contributed by atoms with Crippen molar-refractivity contribution in [2.75, 3.05) is 4.90 Å². The predicted molar refractivity (Wildman–Crippen MR) is 112 cm³/mol. The molecule has 0 bridgehead atoms. The Balaban J connectivity index is 1.80. The molecule has 3 nitrogen and oxygen atoms in total. The first-order chi connectivity index (χ1) is 13.1. The van der Waals surface area contributed by atoms with Crippen LogP contribution >= 0.6 is 34.7 Å². The largest absolute Gasteiger partial charge is 0.272 e. The molecule has 0 fully saturated rings. The summed E-state index contributed by atoms with van der Waals surface area (Å²) in [5, 5.41) is 2.42. The van der Waals surface area contributed by atoms with Gasteiger partial charge in [0.2, 0.25) is 0 Å². The number of hydrogen-bond acceptors (Lipinski definition) is 4. The first-order valence-corrected chi connectivity index (χ1v) is 10.3. The third kappa shape index (κ3) is 3.34. The van der Waals surface area contributed by atoms with Crippen LogP contribution in [0.25, 0.3) is 5.57 Å². The van der Waals surface area contributed by atoms with Crippen molar-refractivity contribution >= 4 is 57.8 Å². The Morgan fingerprint density at radius 1 is 0.963 bits per heavy atom. The average molecular weight is 412 g/mol. The molecule has 0 saturated carbocycles. The summed E-state index contributed by atoms with van der Waals surface area (Å²) in [7, 11) is 0. The van der Waals surface area contributed by atoms with Gasteiger partial charge in [0, 0.05) is 14.8 Å². The number of carbonyl (C=O) groups is 2. The number of amides is 2. The zero-order valence-corrected chi connectivity index (χ0v) is 16.7. The number of benzene rings is 2. The molecule has 0 aliphatic carbocycles. The van der Waals surface area contributed by atoms with E-state index in [1.54, 1.807) is 12.1 Å². The number of carbonyl (C=O) groups excluding carboxylic acids is 2. The van der Waals surface area contributed by atoms with Crippen molar-refractivity contribution in [3.63, 3.8) is 0 Å². The molecule has 134 valence electrons. The SMILES string of the molecule is Cc1ccc(N2C(=O)C(Sc3ccccc3)=C(c3cccs3)C2=O)cc1Cl. The minimum absolute atomic E-state index is 0.319. The number of nitrogens with zero attached hydrogens (tertiary/aromatic N) is 1. The zero-order valence-electron chi connectivity index (χ0n) is 14.3. The lowest BCUT2D eigenvalue weighted by Crippen LogP contribution is -2.31. The van der Waals surface area contributed by atoms with Crippen LogP contribution in [-0.2, 0) is 9.59 Å². The van der Waals surface area contributed by atoms with E-state index in [0.717, 1.165) is 15.3 Å². The van der Waals surface area contributed by atoms with Crippen molar-refractivity contribution in [2.24, 2.45) is 0 Å². The number of hydrogen-bond donors (Lipinski definition) is 0. The van der Waals surface area contributed by atoms with Crippen LogP contribution in [0.1, 0.15) is 10.4 Å². The van der Waals surface area contributed by atoms with Crippen LogP contribution in [-0.4, -0.2) is 11.8 Å². The molecule has 27 heavy (non-hydrogen) atoms. The van der Waals surface area contributed by atoms with Gasteiger partial charge in [-0.25, -0.2) is 4.90 Å². The number of imide groups is 1. The Labute approximate surface area is 170 Å². The van der Waals surface area contributed by atoms with E-state index in [0.29, 0.717) is 21.2 Å². The van der Waals surface area contributed by atoms with Crippen LogP contribution in [0.2, 0.25) is 5.02 Å². The molecule has 1 aliphatic rings. The topological polar surface area (TPSA) is 37.4 Å². The maximum atomic E-state index is 13.2. The monoisotopic (exact) mass is 411 g/mol. The summed E-state index contributed by atoms with van der Waals surface area (Å²) in [5.74, 6) is -0.641. The number of aryl methyl sites for hydroxylation is 1. The lowest BCUT2D eigenvalue weighted by Gasteiger charge is -2.16. The smallest absolute Gasteiger partial charge is 0.268 e. The molecule has 2 heterocycles. The van der Waals surface area contributed by atoms with Gasteiger partial charge in [0.25, 0.3) is 11.8 Å².